The zero-order valence-corrected chi connectivity index (χ0v) is 29.1. The average Bonchev–Trinajstić information content (AvgIpc) is 3.79. The normalized spacial score (nSPS) is 12.5. The van der Waals surface area contributed by atoms with Crippen molar-refractivity contribution in [1.82, 2.24) is 9.97 Å². The molecule has 246 valence electrons. The molecular weight excluding hydrogens is 667 g/mol. The Morgan fingerprint density at radius 1 is 0.491 bits per heavy atom. The van der Waals surface area contributed by atoms with Gasteiger partial charge in [0.1, 0.15) is 11.2 Å². The van der Waals surface area contributed by atoms with E-state index in [9.17, 15) is 0 Å². The van der Waals surface area contributed by atoms with Crippen LogP contribution in [0.4, 0.5) is 17.1 Å². The van der Waals surface area contributed by atoms with Gasteiger partial charge in [0.2, 0.25) is 0 Å². The van der Waals surface area contributed by atoms with E-state index < -0.39 is 0 Å². The Labute approximate surface area is 307 Å². The Morgan fingerprint density at radius 3 is 2.19 bits per heavy atom. The number of thiophene rings is 1. The third-order valence-corrected chi connectivity index (χ3v) is 11.9. The number of furan rings is 1. The maximum Gasteiger partial charge on any atom is 0.160 e. The average molecular weight is 694 g/mol. The highest BCUT2D eigenvalue weighted by Gasteiger charge is 2.26. The molecule has 0 bridgehead atoms. The van der Waals surface area contributed by atoms with Crippen molar-refractivity contribution in [3.05, 3.63) is 164 Å². The van der Waals surface area contributed by atoms with E-state index in [0.717, 1.165) is 70.8 Å². The molecule has 0 spiro atoms. The van der Waals surface area contributed by atoms with Gasteiger partial charge in [0, 0.05) is 48.6 Å². The first-order valence-corrected chi connectivity index (χ1v) is 18.6. The molecule has 12 rings (SSSR count). The summed E-state index contributed by atoms with van der Waals surface area (Å²) in [4.78, 5) is 13.0. The number of para-hydroxylation sites is 2. The standard InChI is InChI=1S/C48H27N3OS/c1-4-15-39-34(11-1)36-14-7-9-28-10-8-16-40(44(28)36)51(39)33-23-21-29-25-32(20-19-30(29)26-33)48-49-45(47-46(50-48)37-13-3-6-18-43(37)53-47)31-22-24-42-38(27-31)35-12-2-5-17-41(35)52-42/h1-27H. The molecular formula is C48H27N3OS. The van der Waals surface area contributed by atoms with Gasteiger partial charge in [0.25, 0.3) is 0 Å². The highest BCUT2D eigenvalue weighted by molar-refractivity contribution is 7.26. The quantitative estimate of drug-likeness (QED) is 0.185. The van der Waals surface area contributed by atoms with E-state index in [-0.39, 0.29) is 0 Å². The molecule has 11 aromatic rings. The lowest BCUT2D eigenvalue weighted by Crippen LogP contribution is -2.14. The van der Waals surface area contributed by atoms with Gasteiger partial charge >= 0.3 is 0 Å². The zero-order valence-electron chi connectivity index (χ0n) is 28.2. The highest BCUT2D eigenvalue weighted by Crippen LogP contribution is 2.51. The van der Waals surface area contributed by atoms with E-state index >= 15 is 0 Å². The van der Waals surface area contributed by atoms with Gasteiger partial charge in [-0.2, -0.15) is 0 Å². The molecule has 0 radical (unpaired) electrons. The predicted octanol–water partition coefficient (Wildman–Crippen LogP) is 13.8. The molecule has 53 heavy (non-hydrogen) atoms. The third kappa shape index (κ3) is 4.23. The molecule has 8 aromatic carbocycles. The Balaban J connectivity index is 1.02. The lowest BCUT2D eigenvalue weighted by molar-refractivity contribution is 0.669. The highest BCUT2D eigenvalue weighted by atomic mass is 32.1. The number of benzene rings is 8. The van der Waals surface area contributed by atoms with Crippen molar-refractivity contribution in [2.75, 3.05) is 4.90 Å². The molecule has 4 heterocycles. The number of anilines is 3. The number of fused-ring (bicyclic) bond motifs is 9. The van der Waals surface area contributed by atoms with E-state index in [1.807, 2.05) is 12.1 Å². The maximum atomic E-state index is 6.17. The van der Waals surface area contributed by atoms with Crippen molar-refractivity contribution in [3.8, 4) is 33.8 Å². The largest absolute Gasteiger partial charge is 0.456 e. The number of aromatic nitrogens is 2. The van der Waals surface area contributed by atoms with Crippen LogP contribution in [0.3, 0.4) is 0 Å². The number of hydrogen-bond acceptors (Lipinski definition) is 5. The van der Waals surface area contributed by atoms with Crippen molar-refractivity contribution in [2.24, 2.45) is 0 Å². The molecule has 0 N–H and O–H groups in total. The van der Waals surface area contributed by atoms with Crippen LogP contribution in [0, 0.1) is 0 Å². The summed E-state index contributed by atoms with van der Waals surface area (Å²) in [5.41, 5.74) is 11.8. The summed E-state index contributed by atoms with van der Waals surface area (Å²) in [5, 5.41) is 8.18. The van der Waals surface area contributed by atoms with Gasteiger partial charge in [-0.25, -0.2) is 9.97 Å². The fourth-order valence-electron chi connectivity index (χ4n) is 8.34. The van der Waals surface area contributed by atoms with Crippen LogP contribution in [0.2, 0.25) is 0 Å². The minimum Gasteiger partial charge on any atom is -0.456 e. The maximum absolute atomic E-state index is 6.17. The Hall–Kier alpha value is -6.82. The second-order valence-corrected chi connectivity index (χ2v) is 14.8. The molecule has 3 aromatic heterocycles. The lowest BCUT2D eigenvalue weighted by atomic mass is 9.91. The first-order valence-electron chi connectivity index (χ1n) is 17.8. The second-order valence-electron chi connectivity index (χ2n) is 13.8. The van der Waals surface area contributed by atoms with Crippen LogP contribution in [0.1, 0.15) is 0 Å². The SMILES string of the molecule is c1ccc2c(c1)-c1cccc3cccc(c13)N2c1ccc2cc(-c3nc(-c4ccc5oc6ccccc6c5c4)c4sc5ccccc5c4n3)ccc2c1. The number of hydrogen-bond donors (Lipinski definition) is 0. The van der Waals surface area contributed by atoms with E-state index in [1.54, 1.807) is 11.3 Å². The molecule has 1 aliphatic heterocycles. The van der Waals surface area contributed by atoms with Crippen LogP contribution in [0.25, 0.3) is 97.6 Å². The van der Waals surface area contributed by atoms with Crippen LogP contribution >= 0.6 is 11.3 Å². The van der Waals surface area contributed by atoms with Crippen molar-refractivity contribution in [2.45, 2.75) is 0 Å². The van der Waals surface area contributed by atoms with E-state index in [1.165, 1.54) is 38.0 Å². The molecule has 0 saturated heterocycles. The van der Waals surface area contributed by atoms with Crippen LogP contribution < -0.4 is 4.90 Å². The fraction of sp³-hybridized carbons (Fsp3) is 0. The van der Waals surface area contributed by atoms with Gasteiger partial charge in [0.05, 0.1) is 27.3 Å². The van der Waals surface area contributed by atoms with Crippen molar-refractivity contribution < 1.29 is 4.42 Å². The number of nitrogens with zero attached hydrogens (tertiary/aromatic N) is 3. The van der Waals surface area contributed by atoms with Crippen LogP contribution in [-0.2, 0) is 0 Å². The summed E-state index contributed by atoms with van der Waals surface area (Å²) in [6.45, 7) is 0. The monoisotopic (exact) mass is 693 g/mol. The second kappa shape index (κ2) is 10.8. The summed E-state index contributed by atoms with van der Waals surface area (Å²) in [5.74, 6) is 0.715. The van der Waals surface area contributed by atoms with Crippen LogP contribution in [0.5, 0.6) is 0 Å². The zero-order chi connectivity index (χ0) is 34.6. The predicted molar refractivity (Wildman–Crippen MR) is 222 cm³/mol. The van der Waals surface area contributed by atoms with Crippen molar-refractivity contribution in [3.63, 3.8) is 0 Å². The molecule has 0 atom stereocenters. The van der Waals surface area contributed by atoms with Gasteiger partial charge in [-0.3, -0.25) is 0 Å². The number of rotatable bonds is 3. The molecule has 5 heteroatoms. The van der Waals surface area contributed by atoms with Gasteiger partial charge in [-0.1, -0.05) is 103 Å². The first-order chi connectivity index (χ1) is 26.2. The van der Waals surface area contributed by atoms with E-state index in [2.05, 4.69) is 157 Å². The summed E-state index contributed by atoms with van der Waals surface area (Å²) < 4.78 is 8.47. The summed E-state index contributed by atoms with van der Waals surface area (Å²) in [6, 6.07) is 58.5. The molecule has 1 aliphatic rings. The van der Waals surface area contributed by atoms with Gasteiger partial charge in [0.15, 0.2) is 5.82 Å². The van der Waals surface area contributed by atoms with Crippen LogP contribution in [-0.4, -0.2) is 9.97 Å². The van der Waals surface area contributed by atoms with Gasteiger partial charge in [-0.05, 0) is 82.4 Å². The molecule has 0 saturated carbocycles. The summed E-state index contributed by atoms with van der Waals surface area (Å²) in [6.07, 6.45) is 0. The molecule has 4 nitrogen and oxygen atoms in total. The topological polar surface area (TPSA) is 42.2 Å². The molecule has 0 aliphatic carbocycles. The van der Waals surface area contributed by atoms with Gasteiger partial charge in [-0.15, -0.1) is 11.3 Å². The lowest BCUT2D eigenvalue weighted by Gasteiger charge is -2.33. The minimum absolute atomic E-state index is 0.715. The molecule has 0 fully saturated rings. The van der Waals surface area contributed by atoms with E-state index in [4.69, 9.17) is 14.4 Å². The summed E-state index contributed by atoms with van der Waals surface area (Å²) in [7, 11) is 0. The Bertz CT molecular complexity index is 3320. The van der Waals surface area contributed by atoms with Crippen molar-refractivity contribution >= 4 is 92.2 Å². The molecule has 0 amide bonds. The fourth-order valence-corrected chi connectivity index (χ4v) is 9.49. The first kappa shape index (κ1) is 28.8. The van der Waals surface area contributed by atoms with Crippen molar-refractivity contribution in [1.29, 1.82) is 0 Å². The summed E-state index contributed by atoms with van der Waals surface area (Å²) >= 11 is 1.75. The third-order valence-electron chi connectivity index (χ3n) is 10.8. The van der Waals surface area contributed by atoms with Gasteiger partial charge < -0.3 is 9.32 Å². The smallest absolute Gasteiger partial charge is 0.160 e. The van der Waals surface area contributed by atoms with E-state index in [0.29, 0.717) is 5.82 Å². The minimum atomic E-state index is 0.715. The van der Waals surface area contributed by atoms with Crippen LogP contribution in [0.15, 0.2) is 168 Å². The molecule has 0 unspecified atom stereocenters. The Morgan fingerprint density at radius 2 is 1.23 bits per heavy atom. The Kier molecular flexibility index (Phi) is 5.90.